The van der Waals surface area contributed by atoms with Gasteiger partial charge < -0.3 is 16.0 Å². The highest BCUT2D eigenvalue weighted by molar-refractivity contribution is 5.97. The number of pyridine rings is 1. The fourth-order valence-corrected chi connectivity index (χ4v) is 3.11. The maximum atomic E-state index is 5.99. The molecule has 1 aliphatic rings. The molecule has 1 aromatic carbocycles. The number of likely N-dealkylation sites (tertiary alicyclic amines) is 1. The molecule has 21 heavy (non-hydrogen) atoms. The summed E-state index contributed by atoms with van der Waals surface area (Å²) >= 11 is 0. The molecule has 1 saturated heterocycles. The first-order valence-corrected chi connectivity index (χ1v) is 7.79. The highest BCUT2D eigenvalue weighted by Gasteiger charge is 2.16. The Morgan fingerprint density at radius 3 is 2.90 bits per heavy atom. The first-order valence-electron chi connectivity index (χ1n) is 7.79. The number of piperidine rings is 1. The second kappa shape index (κ2) is 6.31. The first kappa shape index (κ1) is 14.1. The molecule has 0 saturated carbocycles. The number of hydrogen-bond acceptors (Lipinski definition) is 4. The maximum absolute atomic E-state index is 5.99. The number of rotatable bonds is 4. The molecule has 3 N–H and O–H groups in total. The third kappa shape index (κ3) is 3.27. The van der Waals surface area contributed by atoms with Crippen LogP contribution in [0.3, 0.4) is 0 Å². The van der Waals surface area contributed by atoms with Gasteiger partial charge in [0.05, 0.1) is 11.2 Å². The molecule has 0 unspecified atom stereocenters. The number of anilines is 2. The highest BCUT2D eigenvalue weighted by Crippen LogP contribution is 2.26. The van der Waals surface area contributed by atoms with Crippen molar-refractivity contribution in [3.8, 4) is 0 Å². The van der Waals surface area contributed by atoms with E-state index < -0.39 is 0 Å². The molecule has 0 aliphatic carbocycles. The van der Waals surface area contributed by atoms with Crippen LogP contribution >= 0.6 is 0 Å². The van der Waals surface area contributed by atoms with Crippen molar-refractivity contribution in [2.45, 2.75) is 19.3 Å². The second-order valence-corrected chi connectivity index (χ2v) is 6.06. The lowest BCUT2D eigenvalue weighted by atomic mass is 9.94. The Bertz CT molecular complexity index is 603. The van der Waals surface area contributed by atoms with Crippen molar-refractivity contribution in [1.82, 2.24) is 9.88 Å². The van der Waals surface area contributed by atoms with Crippen LogP contribution in [-0.4, -0.2) is 36.6 Å². The van der Waals surface area contributed by atoms with Gasteiger partial charge in [0.1, 0.15) is 0 Å². The Balaban J connectivity index is 1.62. The molecule has 112 valence electrons. The summed E-state index contributed by atoms with van der Waals surface area (Å²) in [7, 11) is 2.21. The summed E-state index contributed by atoms with van der Waals surface area (Å²) in [5.41, 5.74) is 8.76. The minimum atomic E-state index is 0.742. The summed E-state index contributed by atoms with van der Waals surface area (Å²) < 4.78 is 0. The molecule has 0 radical (unpaired) electrons. The molecular weight excluding hydrogens is 260 g/mol. The second-order valence-electron chi connectivity index (χ2n) is 6.06. The Morgan fingerprint density at radius 2 is 2.10 bits per heavy atom. The van der Waals surface area contributed by atoms with E-state index in [0.717, 1.165) is 34.7 Å². The fraction of sp³-hybridized carbons (Fsp3) is 0.471. The number of nitrogens with two attached hydrogens (primary N) is 1. The summed E-state index contributed by atoms with van der Waals surface area (Å²) in [5, 5.41) is 4.68. The van der Waals surface area contributed by atoms with Crippen molar-refractivity contribution in [2.24, 2.45) is 5.92 Å². The lowest BCUT2D eigenvalue weighted by molar-refractivity contribution is 0.215. The molecule has 0 atom stereocenters. The van der Waals surface area contributed by atoms with Gasteiger partial charge in [-0.1, -0.05) is 12.1 Å². The summed E-state index contributed by atoms with van der Waals surface area (Å²) in [6, 6.07) is 8.01. The van der Waals surface area contributed by atoms with Crippen LogP contribution in [0.2, 0.25) is 0 Å². The fourth-order valence-electron chi connectivity index (χ4n) is 3.11. The standard InChI is InChI=1S/C17H24N4/c1-21-11-7-13(8-12-21)5-9-19-16-6-10-20-17-14(16)3-2-4-15(17)18/h2-4,6,10,13H,5,7-9,11-12,18H2,1H3,(H,19,20). The zero-order chi connectivity index (χ0) is 14.7. The van der Waals surface area contributed by atoms with Crippen LogP contribution < -0.4 is 11.1 Å². The van der Waals surface area contributed by atoms with E-state index in [1.165, 1.54) is 32.4 Å². The molecule has 2 heterocycles. The Kier molecular flexibility index (Phi) is 4.25. The van der Waals surface area contributed by atoms with Gasteiger partial charge in [0.2, 0.25) is 0 Å². The SMILES string of the molecule is CN1CCC(CCNc2ccnc3c(N)cccc23)CC1. The van der Waals surface area contributed by atoms with Crippen molar-refractivity contribution in [3.05, 3.63) is 30.5 Å². The quantitative estimate of drug-likeness (QED) is 0.848. The van der Waals surface area contributed by atoms with E-state index in [0.29, 0.717) is 0 Å². The van der Waals surface area contributed by atoms with Crippen LogP contribution in [0.1, 0.15) is 19.3 Å². The zero-order valence-corrected chi connectivity index (χ0v) is 12.7. The van der Waals surface area contributed by atoms with Gasteiger partial charge in [0.15, 0.2) is 0 Å². The Hall–Kier alpha value is -1.81. The number of hydrogen-bond donors (Lipinski definition) is 2. The van der Waals surface area contributed by atoms with Crippen LogP contribution in [0.25, 0.3) is 10.9 Å². The van der Waals surface area contributed by atoms with Gasteiger partial charge >= 0.3 is 0 Å². The zero-order valence-electron chi connectivity index (χ0n) is 12.7. The molecule has 1 aromatic heterocycles. The molecule has 0 bridgehead atoms. The average Bonchev–Trinajstić information content (AvgIpc) is 2.50. The van der Waals surface area contributed by atoms with E-state index in [1.807, 2.05) is 24.4 Å². The molecule has 3 rings (SSSR count). The highest BCUT2D eigenvalue weighted by atomic mass is 15.1. The number of nitrogen functional groups attached to an aromatic ring is 1. The van der Waals surface area contributed by atoms with Gasteiger partial charge in [-0.2, -0.15) is 0 Å². The summed E-state index contributed by atoms with van der Waals surface area (Å²) in [6.07, 6.45) is 5.71. The van der Waals surface area contributed by atoms with E-state index in [4.69, 9.17) is 5.73 Å². The van der Waals surface area contributed by atoms with Gasteiger partial charge in [-0.3, -0.25) is 4.98 Å². The van der Waals surface area contributed by atoms with Crippen LogP contribution in [0.15, 0.2) is 30.5 Å². The van der Waals surface area contributed by atoms with Gasteiger partial charge in [-0.15, -0.1) is 0 Å². The van der Waals surface area contributed by atoms with Gasteiger partial charge in [0.25, 0.3) is 0 Å². The van der Waals surface area contributed by atoms with E-state index in [2.05, 4.69) is 28.3 Å². The number of fused-ring (bicyclic) bond motifs is 1. The normalized spacial score (nSPS) is 17.2. The van der Waals surface area contributed by atoms with E-state index in [1.54, 1.807) is 0 Å². The number of nitrogens with one attached hydrogen (secondary N) is 1. The van der Waals surface area contributed by atoms with Crippen molar-refractivity contribution in [1.29, 1.82) is 0 Å². The van der Waals surface area contributed by atoms with Crippen molar-refractivity contribution < 1.29 is 0 Å². The number of benzene rings is 1. The molecule has 2 aromatic rings. The van der Waals surface area contributed by atoms with Crippen molar-refractivity contribution in [2.75, 3.05) is 37.7 Å². The third-order valence-electron chi connectivity index (χ3n) is 4.51. The molecule has 0 spiro atoms. The monoisotopic (exact) mass is 284 g/mol. The van der Waals surface area contributed by atoms with Gasteiger partial charge in [-0.05, 0) is 57.5 Å². The molecular formula is C17H24N4. The first-order chi connectivity index (χ1) is 10.2. The molecule has 4 heteroatoms. The van der Waals surface area contributed by atoms with Gasteiger partial charge in [0, 0.05) is 23.8 Å². The molecule has 0 amide bonds. The van der Waals surface area contributed by atoms with Crippen LogP contribution in [0, 0.1) is 5.92 Å². The average molecular weight is 284 g/mol. The predicted molar refractivity (Wildman–Crippen MR) is 89.5 cm³/mol. The number of para-hydroxylation sites is 1. The summed E-state index contributed by atoms with van der Waals surface area (Å²) in [6.45, 7) is 3.49. The third-order valence-corrected chi connectivity index (χ3v) is 4.51. The lowest BCUT2D eigenvalue weighted by Gasteiger charge is -2.29. The molecule has 1 aliphatic heterocycles. The topological polar surface area (TPSA) is 54.2 Å². The molecule has 1 fully saturated rings. The van der Waals surface area contributed by atoms with E-state index in [9.17, 15) is 0 Å². The van der Waals surface area contributed by atoms with Crippen molar-refractivity contribution in [3.63, 3.8) is 0 Å². The largest absolute Gasteiger partial charge is 0.397 e. The van der Waals surface area contributed by atoms with Crippen LogP contribution in [-0.2, 0) is 0 Å². The molecule has 4 nitrogen and oxygen atoms in total. The van der Waals surface area contributed by atoms with Gasteiger partial charge in [-0.25, -0.2) is 0 Å². The Morgan fingerprint density at radius 1 is 1.29 bits per heavy atom. The van der Waals surface area contributed by atoms with Crippen LogP contribution in [0.4, 0.5) is 11.4 Å². The summed E-state index contributed by atoms with van der Waals surface area (Å²) in [4.78, 5) is 6.80. The summed E-state index contributed by atoms with van der Waals surface area (Å²) in [5.74, 6) is 0.854. The predicted octanol–water partition coefficient (Wildman–Crippen LogP) is 2.96. The maximum Gasteiger partial charge on any atom is 0.0951 e. The minimum absolute atomic E-state index is 0.742. The minimum Gasteiger partial charge on any atom is -0.397 e. The van der Waals surface area contributed by atoms with Crippen molar-refractivity contribution >= 4 is 22.3 Å². The lowest BCUT2D eigenvalue weighted by Crippen LogP contribution is -2.30. The smallest absolute Gasteiger partial charge is 0.0951 e. The Labute approximate surface area is 126 Å². The number of aromatic nitrogens is 1. The van der Waals surface area contributed by atoms with E-state index in [-0.39, 0.29) is 0 Å². The van der Waals surface area contributed by atoms with Crippen LogP contribution in [0.5, 0.6) is 0 Å². The number of nitrogens with zero attached hydrogens (tertiary/aromatic N) is 2. The van der Waals surface area contributed by atoms with E-state index >= 15 is 0 Å².